The third-order valence-corrected chi connectivity index (χ3v) is 3.92. The van der Waals surface area contributed by atoms with E-state index in [1.54, 1.807) is 12.1 Å². The van der Waals surface area contributed by atoms with Crippen LogP contribution in [0, 0.1) is 6.92 Å². The van der Waals surface area contributed by atoms with Crippen molar-refractivity contribution in [1.82, 2.24) is 5.32 Å². The molecule has 22 heavy (non-hydrogen) atoms. The van der Waals surface area contributed by atoms with Crippen molar-refractivity contribution in [3.63, 3.8) is 0 Å². The normalized spacial score (nSPS) is 11.8. The SMILES string of the molecule is Cc1cccc(OCC(=O)NC(C)c2ccc(Cl)c(Cl)c2)c1. The van der Waals surface area contributed by atoms with Gasteiger partial charge in [-0.25, -0.2) is 0 Å². The first-order valence-electron chi connectivity index (χ1n) is 6.89. The fourth-order valence-electron chi connectivity index (χ4n) is 2.00. The molecular weight excluding hydrogens is 321 g/mol. The van der Waals surface area contributed by atoms with Crippen molar-refractivity contribution < 1.29 is 9.53 Å². The molecule has 0 aliphatic carbocycles. The first kappa shape index (κ1) is 16.7. The van der Waals surface area contributed by atoms with Gasteiger partial charge in [0.15, 0.2) is 6.61 Å². The first-order chi connectivity index (χ1) is 10.5. The van der Waals surface area contributed by atoms with E-state index in [-0.39, 0.29) is 18.6 Å². The van der Waals surface area contributed by atoms with Gasteiger partial charge >= 0.3 is 0 Å². The van der Waals surface area contributed by atoms with Crippen molar-refractivity contribution in [1.29, 1.82) is 0 Å². The molecular formula is C17H17Cl2NO2. The van der Waals surface area contributed by atoms with Crippen LogP contribution in [-0.2, 0) is 4.79 Å². The summed E-state index contributed by atoms with van der Waals surface area (Å²) in [6.07, 6.45) is 0. The molecule has 0 aliphatic rings. The molecule has 0 radical (unpaired) electrons. The predicted molar refractivity (Wildman–Crippen MR) is 89.7 cm³/mol. The number of nitrogens with one attached hydrogen (secondary N) is 1. The minimum atomic E-state index is -0.194. The number of benzene rings is 2. The largest absolute Gasteiger partial charge is 0.484 e. The Labute approximate surface area is 140 Å². The fourth-order valence-corrected chi connectivity index (χ4v) is 2.31. The van der Waals surface area contributed by atoms with Crippen molar-refractivity contribution in [2.24, 2.45) is 0 Å². The molecule has 0 bridgehead atoms. The highest BCUT2D eigenvalue weighted by Crippen LogP contribution is 2.25. The van der Waals surface area contributed by atoms with Crippen molar-refractivity contribution in [3.8, 4) is 5.75 Å². The van der Waals surface area contributed by atoms with E-state index >= 15 is 0 Å². The second kappa shape index (κ2) is 7.52. The Morgan fingerprint density at radius 1 is 1.18 bits per heavy atom. The molecule has 0 aromatic heterocycles. The molecule has 1 unspecified atom stereocenters. The molecule has 1 amide bonds. The van der Waals surface area contributed by atoms with Gasteiger partial charge in [-0.05, 0) is 49.2 Å². The van der Waals surface area contributed by atoms with Crippen LogP contribution in [0.25, 0.3) is 0 Å². The smallest absolute Gasteiger partial charge is 0.258 e. The minimum absolute atomic E-state index is 0.0326. The van der Waals surface area contributed by atoms with Crippen molar-refractivity contribution >= 4 is 29.1 Å². The molecule has 5 heteroatoms. The maximum Gasteiger partial charge on any atom is 0.258 e. The number of rotatable bonds is 5. The minimum Gasteiger partial charge on any atom is -0.484 e. The summed E-state index contributed by atoms with van der Waals surface area (Å²) in [5.41, 5.74) is 1.97. The zero-order valence-corrected chi connectivity index (χ0v) is 13.9. The second-order valence-electron chi connectivity index (χ2n) is 5.07. The van der Waals surface area contributed by atoms with Crippen molar-refractivity contribution in [2.45, 2.75) is 19.9 Å². The molecule has 0 spiro atoms. The van der Waals surface area contributed by atoms with Gasteiger partial charge in [0.2, 0.25) is 0 Å². The Hall–Kier alpha value is -1.71. The van der Waals surface area contributed by atoms with E-state index in [4.69, 9.17) is 27.9 Å². The van der Waals surface area contributed by atoms with E-state index in [9.17, 15) is 4.79 Å². The summed E-state index contributed by atoms with van der Waals surface area (Å²) in [6.45, 7) is 3.82. The Kier molecular flexibility index (Phi) is 5.69. The number of halogens is 2. The highest BCUT2D eigenvalue weighted by atomic mass is 35.5. The van der Waals surface area contributed by atoms with Crippen LogP contribution in [0.3, 0.4) is 0 Å². The Balaban J connectivity index is 1.89. The van der Waals surface area contributed by atoms with Crippen LogP contribution in [0.2, 0.25) is 10.0 Å². The Bertz CT molecular complexity index is 673. The molecule has 2 aromatic carbocycles. The van der Waals surface area contributed by atoms with E-state index < -0.39 is 0 Å². The van der Waals surface area contributed by atoms with E-state index in [0.29, 0.717) is 15.8 Å². The number of carbonyl (C=O) groups is 1. The van der Waals surface area contributed by atoms with Gasteiger partial charge < -0.3 is 10.1 Å². The van der Waals surface area contributed by atoms with Gasteiger partial charge in [-0.1, -0.05) is 41.4 Å². The summed E-state index contributed by atoms with van der Waals surface area (Å²) in [7, 11) is 0. The highest BCUT2D eigenvalue weighted by Gasteiger charge is 2.11. The average molecular weight is 338 g/mol. The standard InChI is InChI=1S/C17H17Cl2NO2/c1-11-4-3-5-14(8-11)22-10-17(21)20-12(2)13-6-7-15(18)16(19)9-13/h3-9,12H,10H2,1-2H3,(H,20,21). The molecule has 3 nitrogen and oxygen atoms in total. The van der Waals surface area contributed by atoms with Crippen LogP contribution < -0.4 is 10.1 Å². The maximum absolute atomic E-state index is 11.9. The number of amides is 1. The summed E-state index contributed by atoms with van der Waals surface area (Å²) in [6, 6.07) is 12.7. The van der Waals surface area contributed by atoms with Crippen molar-refractivity contribution in [2.75, 3.05) is 6.61 Å². The molecule has 0 fully saturated rings. The lowest BCUT2D eigenvalue weighted by molar-refractivity contribution is -0.123. The molecule has 2 rings (SSSR count). The molecule has 0 saturated heterocycles. The zero-order chi connectivity index (χ0) is 16.1. The lowest BCUT2D eigenvalue weighted by Gasteiger charge is -2.15. The van der Waals surface area contributed by atoms with Gasteiger partial charge in [0, 0.05) is 0 Å². The van der Waals surface area contributed by atoms with Crippen LogP contribution in [-0.4, -0.2) is 12.5 Å². The third kappa shape index (κ3) is 4.65. The monoisotopic (exact) mass is 337 g/mol. The number of hydrogen-bond donors (Lipinski definition) is 1. The van der Waals surface area contributed by atoms with Gasteiger partial charge in [-0.2, -0.15) is 0 Å². The number of ether oxygens (including phenoxy) is 1. The van der Waals surface area contributed by atoms with Crippen LogP contribution in [0.1, 0.15) is 24.1 Å². The van der Waals surface area contributed by atoms with Gasteiger partial charge in [-0.3, -0.25) is 4.79 Å². The second-order valence-corrected chi connectivity index (χ2v) is 5.88. The van der Waals surface area contributed by atoms with Gasteiger partial charge in [0.25, 0.3) is 5.91 Å². The van der Waals surface area contributed by atoms with Crippen LogP contribution >= 0.6 is 23.2 Å². The summed E-state index contributed by atoms with van der Waals surface area (Å²) in [5, 5.41) is 3.82. The summed E-state index contributed by atoms with van der Waals surface area (Å²) < 4.78 is 5.47. The number of aryl methyl sites for hydroxylation is 1. The summed E-state index contributed by atoms with van der Waals surface area (Å²) in [4.78, 5) is 11.9. The van der Waals surface area contributed by atoms with Crippen LogP contribution in [0.5, 0.6) is 5.75 Å². The maximum atomic E-state index is 11.9. The number of carbonyl (C=O) groups excluding carboxylic acids is 1. The molecule has 2 aromatic rings. The van der Waals surface area contributed by atoms with Crippen LogP contribution in [0.15, 0.2) is 42.5 Å². The van der Waals surface area contributed by atoms with E-state index in [2.05, 4.69) is 5.32 Å². The molecule has 0 aliphatic heterocycles. The van der Waals surface area contributed by atoms with Crippen LogP contribution in [0.4, 0.5) is 0 Å². The first-order valence-corrected chi connectivity index (χ1v) is 7.65. The number of hydrogen-bond acceptors (Lipinski definition) is 2. The van der Waals surface area contributed by atoms with E-state index in [1.165, 1.54) is 0 Å². The predicted octanol–water partition coefficient (Wildman–Crippen LogP) is 4.56. The van der Waals surface area contributed by atoms with Gasteiger partial charge in [0.1, 0.15) is 5.75 Å². The third-order valence-electron chi connectivity index (χ3n) is 3.18. The van der Waals surface area contributed by atoms with E-state index in [0.717, 1.165) is 11.1 Å². The summed E-state index contributed by atoms with van der Waals surface area (Å²) in [5.74, 6) is 0.484. The lowest BCUT2D eigenvalue weighted by atomic mass is 10.1. The molecule has 1 atom stereocenters. The zero-order valence-electron chi connectivity index (χ0n) is 12.4. The quantitative estimate of drug-likeness (QED) is 0.868. The summed E-state index contributed by atoms with van der Waals surface area (Å²) >= 11 is 11.9. The molecule has 0 heterocycles. The lowest BCUT2D eigenvalue weighted by Crippen LogP contribution is -2.31. The topological polar surface area (TPSA) is 38.3 Å². The van der Waals surface area contributed by atoms with E-state index in [1.807, 2.05) is 44.2 Å². The van der Waals surface area contributed by atoms with Gasteiger partial charge in [0.05, 0.1) is 16.1 Å². The van der Waals surface area contributed by atoms with Crippen molar-refractivity contribution in [3.05, 3.63) is 63.6 Å². The highest BCUT2D eigenvalue weighted by molar-refractivity contribution is 6.42. The fraction of sp³-hybridized carbons (Fsp3) is 0.235. The molecule has 1 N–H and O–H groups in total. The molecule has 0 saturated carbocycles. The molecule has 116 valence electrons. The Morgan fingerprint density at radius 2 is 1.95 bits per heavy atom. The Morgan fingerprint density at radius 3 is 2.64 bits per heavy atom. The average Bonchev–Trinajstić information content (AvgIpc) is 2.48. The van der Waals surface area contributed by atoms with Gasteiger partial charge in [-0.15, -0.1) is 0 Å².